The fourth-order valence-electron chi connectivity index (χ4n) is 2.39. The van der Waals surface area contributed by atoms with E-state index in [1.807, 2.05) is 0 Å². The van der Waals surface area contributed by atoms with E-state index in [9.17, 15) is 9.18 Å². The number of carbonyl (C=O) groups is 1. The van der Waals surface area contributed by atoms with Crippen molar-refractivity contribution in [2.24, 2.45) is 5.73 Å². The minimum atomic E-state index is -0.428. The molecule has 1 fully saturated rings. The van der Waals surface area contributed by atoms with Gasteiger partial charge in [0, 0.05) is 25.8 Å². The zero-order valence-electron chi connectivity index (χ0n) is 12.1. The van der Waals surface area contributed by atoms with Crippen LogP contribution in [0.4, 0.5) is 4.39 Å². The molecule has 0 bridgehead atoms. The molecule has 1 saturated heterocycles. The van der Waals surface area contributed by atoms with E-state index >= 15 is 0 Å². The van der Waals surface area contributed by atoms with Crippen molar-refractivity contribution in [1.82, 2.24) is 4.90 Å². The summed E-state index contributed by atoms with van der Waals surface area (Å²) in [5, 5.41) is 0. The Labute approximate surface area is 123 Å². The highest BCUT2D eigenvalue weighted by molar-refractivity contribution is 5.76. The molecule has 5 nitrogen and oxygen atoms in total. The van der Waals surface area contributed by atoms with Crippen molar-refractivity contribution >= 4 is 5.91 Å². The van der Waals surface area contributed by atoms with Gasteiger partial charge in [0.25, 0.3) is 0 Å². The van der Waals surface area contributed by atoms with Crippen LogP contribution in [0.25, 0.3) is 0 Å². The van der Waals surface area contributed by atoms with E-state index in [4.69, 9.17) is 15.2 Å². The topological polar surface area (TPSA) is 64.8 Å². The van der Waals surface area contributed by atoms with E-state index in [2.05, 4.69) is 0 Å². The molecule has 2 N–H and O–H groups in total. The molecule has 1 aliphatic heterocycles. The van der Waals surface area contributed by atoms with Crippen LogP contribution in [0.2, 0.25) is 0 Å². The lowest BCUT2D eigenvalue weighted by atomic mass is 10.1. The Morgan fingerprint density at radius 1 is 1.57 bits per heavy atom. The molecule has 2 unspecified atom stereocenters. The highest BCUT2D eigenvalue weighted by Crippen LogP contribution is 2.24. The third kappa shape index (κ3) is 4.00. The standard InChI is InChI=1S/C15H21FN2O3/c1-20-11(9-17)8-15(19)18-6-7-21-14(10-18)12-4-2-3-5-13(12)16/h2-5,11,14H,6-10,17H2,1H3. The number of hydrogen-bond acceptors (Lipinski definition) is 4. The zero-order chi connectivity index (χ0) is 15.2. The lowest BCUT2D eigenvalue weighted by Crippen LogP contribution is -2.44. The molecule has 1 aromatic carbocycles. The second-order valence-corrected chi connectivity index (χ2v) is 5.02. The van der Waals surface area contributed by atoms with Crippen molar-refractivity contribution < 1.29 is 18.7 Å². The van der Waals surface area contributed by atoms with E-state index in [0.717, 1.165) is 0 Å². The minimum absolute atomic E-state index is 0.0445. The molecule has 0 spiro atoms. The van der Waals surface area contributed by atoms with Gasteiger partial charge in [-0.25, -0.2) is 4.39 Å². The Bertz CT molecular complexity index is 480. The first-order chi connectivity index (χ1) is 10.2. The fourth-order valence-corrected chi connectivity index (χ4v) is 2.39. The molecule has 0 aromatic heterocycles. The second kappa shape index (κ2) is 7.49. The Kier molecular flexibility index (Phi) is 5.67. The SMILES string of the molecule is COC(CN)CC(=O)N1CCOC(c2ccccc2F)C1. The molecule has 116 valence electrons. The smallest absolute Gasteiger partial charge is 0.225 e. The van der Waals surface area contributed by atoms with E-state index in [-0.39, 0.29) is 24.2 Å². The van der Waals surface area contributed by atoms with Crippen LogP contribution in [0.15, 0.2) is 24.3 Å². The van der Waals surface area contributed by atoms with E-state index < -0.39 is 6.10 Å². The summed E-state index contributed by atoms with van der Waals surface area (Å²) in [6.45, 7) is 1.54. The molecule has 1 aromatic rings. The first-order valence-corrected chi connectivity index (χ1v) is 7.02. The molecule has 21 heavy (non-hydrogen) atoms. The van der Waals surface area contributed by atoms with Crippen molar-refractivity contribution in [3.8, 4) is 0 Å². The first-order valence-electron chi connectivity index (χ1n) is 7.02. The van der Waals surface area contributed by atoms with Crippen LogP contribution in [-0.4, -0.2) is 50.3 Å². The highest BCUT2D eigenvalue weighted by atomic mass is 19.1. The maximum atomic E-state index is 13.8. The number of ether oxygens (including phenoxy) is 2. The van der Waals surface area contributed by atoms with Gasteiger partial charge in [0.1, 0.15) is 11.9 Å². The summed E-state index contributed by atoms with van der Waals surface area (Å²) in [5.41, 5.74) is 6.01. The van der Waals surface area contributed by atoms with Crippen molar-refractivity contribution in [1.29, 1.82) is 0 Å². The van der Waals surface area contributed by atoms with Crippen LogP contribution in [0.5, 0.6) is 0 Å². The van der Waals surface area contributed by atoms with Crippen LogP contribution >= 0.6 is 0 Å². The van der Waals surface area contributed by atoms with Crippen molar-refractivity contribution in [3.05, 3.63) is 35.6 Å². The Morgan fingerprint density at radius 3 is 3.00 bits per heavy atom. The average molecular weight is 296 g/mol. The van der Waals surface area contributed by atoms with Crippen LogP contribution in [0.3, 0.4) is 0 Å². The third-order valence-electron chi connectivity index (χ3n) is 3.67. The summed E-state index contributed by atoms with van der Waals surface area (Å²) in [6.07, 6.45) is -0.480. The van der Waals surface area contributed by atoms with Gasteiger partial charge in [0.2, 0.25) is 5.91 Å². The van der Waals surface area contributed by atoms with Crippen LogP contribution in [-0.2, 0) is 14.3 Å². The fraction of sp³-hybridized carbons (Fsp3) is 0.533. The quantitative estimate of drug-likeness (QED) is 0.883. The number of rotatable bonds is 5. The number of methoxy groups -OCH3 is 1. The van der Waals surface area contributed by atoms with Gasteiger partial charge >= 0.3 is 0 Å². The molecule has 0 saturated carbocycles. The van der Waals surface area contributed by atoms with Gasteiger partial charge in [-0.3, -0.25) is 4.79 Å². The Morgan fingerprint density at radius 2 is 2.33 bits per heavy atom. The van der Waals surface area contributed by atoms with Gasteiger partial charge in [-0.05, 0) is 6.07 Å². The number of carbonyl (C=O) groups excluding carboxylic acids is 1. The lowest BCUT2D eigenvalue weighted by molar-refractivity contribution is -0.141. The summed E-state index contributed by atoms with van der Waals surface area (Å²) in [7, 11) is 1.53. The monoisotopic (exact) mass is 296 g/mol. The predicted octanol–water partition coefficient (Wildman–Crippen LogP) is 1.09. The Hall–Kier alpha value is -1.50. The molecule has 1 aliphatic rings. The summed E-state index contributed by atoms with van der Waals surface area (Å²) in [4.78, 5) is 13.9. The number of amides is 1. The third-order valence-corrected chi connectivity index (χ3v) is 3.67. The number of halogens is 1. The van der Waals surface area contributed by atoms with Crippen molar-refractivity contribution in [2.45, 2.75) is 18.6 Å². The van der Waals surface area contributed by atoms with Gasteiger partial charge in [-0.1, -0.05) is 18.2 Å². The van der Waals surface area contributed by atoms with Crippen LogP contribution in [0.1, 0.15) is 18.1 Å². The molecular formula is C15H21FN2O3. The summed E-state index contributed by atoms with van der Waals surface area (Å²) >= 11 is 0. The van der Waals surface area contributed by atoms with E-state index in [0.29, 0.717) is 31.8 Å². The number of benzene rings is 1. The Balaban J connectivity index is 2.01. The van der Waals surface area contributed by atoms with Crippen LogP contribution in [0, 0.1) is 5.82 Å². The first kappa shape index (κ1) is 15.9. The number of nitrogens with zero attached hydrogens (tertiary/aromatic N) is 1. The molecule has 2 rings (SSSR count). The largest absolute Gasteiger partial charge is 0.380 e. The molecule has 1 heterocycles. The molecule has 0 aliphatic carbocycles. The van der Waals surface area contributed by atoms with Gasteiger partial charge in [-0.15, -0.1) is 0 Å². The number of nitrogens with two attached hydrogens (primary N) is 1. The van der Waals surface area contributed by atoms with Crippen LogP contribution < -0.4 is 5.73 Å². The molecule has 2 atom stereocenters. The summed E-state index contributed by atoms with van der Waals surface area (Å²) in [6, 6.07) is 6.48. The summed E-state index contributed by atoms with van der Waals surface area (Å²) < 4.78 is 24.5. The number of morpholine rings is 1. The van der Waals surface area contributed by atoms with Crippen molar-refractivity contribution in [3.63, 3.8) is 0 Å². The second-order valence-electron chi connectivity index (χ2n) is 5.02. The molecule has 0 radical (unpaired) electrons. The maximum Gasteiger partial charge on any atom is 0.225 e. The predicted molar refractivity (Wildman–Crippen MR) is 76.1 cm³/mol. The summed E-state index contributed by atoms with van der Waals surface area (Å²) in [5.74, 6) is -0.356. The molecular weight excluding hydrogens is 275 g/mol. The zero-order valence-corrected chi connectivity index (χ0v) is 12.1. The van der Waals surface area contributed by atoms with E-state index in [1.165, 1.54) is 13.2 Å². The van der Waals surface area contributed by atoms with Crippen molar-refractivity contribution in [2.75, 3.05) is 33.4 Å². The normalized spacial score (nSPS) is 20.3. The van der Waals surface area contributed by atoms with Gasteiger partial charge < -0.3 is 20.1 Å². The molecule has 1 amide bonds. The molecule has 6 heteroatoms. The van der Waals surface area contributed by atoms with Gasteiger partial charge in [-0.2, -0.15) is 0 Å². The number of hydrogen-bond donors (Lipinski definition) is 1. The highest BCUT2D eigenvalue weighted by Gasteiger charge is 2.28. The van der Waals surface area contributed by atoms with E-state index in [1.54, 1.807) is 23.1 Å². The average Bonchev–Trinajstić information content (AvgIpc) is 2.53. The maximum absolute atomic E-state index is 13.8. The van der Waals surface area contributed by atoms with Gasteiger partial charge in [0.15, 0.2) is 0 Å². The van der Waals surface area contributed by atoms with Gasteiger partial charge in [0.05, 0.1) is 25.7 Å². The lowest BCUT2D eigenvalue weighted by Gasteiger charge is -2.34. The minimum Gasteiger partial charge on any atom is -0.380 e.